The van der Waals surface area contributed by atoms with Crippen molar-refractivity contribution in [3.05, 3.63) is 47.0 Å². The Kier molecular flexibility index (Phi) is 4.81. The van der Waals surface area contributed by atoms with E-state index in [2.05, 4.69) is 22.5 Å². The van der Waals surface area contributed by atoms with Gasteiger partial charge in [-0.3, -0.25) is 0 Å². The Balaban J connectivity index is 2.29. The summed E-state index contributed by atoms with van der Waals surface area (Å²) in [5.41, 5.74) is 0.767. The summed E-state index contributed by atoms with van der Waals surface area (Å²) in [4.78, 5) is 0. The Morgan fingerprint density at radius 3 is 2.26 bits per heavy atom. The summed E-state index contributed by atoms with van der Waals surface area (Å²) in [6.45, 7) is 4.96. The SMILES string of the molecule is C=CC(c1ccc(Br)cc1)S(=O)(=O)N1CCCCC1. The number of hydrogen-bond acceptors (Lipinski definition) is 2. The van der Waals surface area contributed by atoms with Crippen molar-refractivity contribution in [2.45, 2.75) is 24.5 Å². The van der Waals surface area contributed by atoms with Gasteiger partial charge in [0.05, 0.1) is 0 Å². The number of halogens is 1. The second-order valence-electron chi connectivity index (χ2n) is 4.71. The number of benzene rings is 1. The predicted molar refractivity (Wildman–Crippen MR) is 81.4 cm³/mol. The molecule has 1 aliphatic rings. The lowest BCUT2D eigenvalue weighted by Crippen LogP contribution is -2.38. The molecule has 0 amide bonds. The van der Waals surface area contributed by atoms with Gasteiger partial charge in [0.15, 0.2) is 0 Å². The Morgan fingerprint density at radius 2 is 1.74 bits per heavy atom. The molecule has 0 radical (unpaired) electrons. The molecule has 2 rings (SSSR count). The van der Waals surface area contributed by atoms with Gasteiger partial charge in [-0.25, -0.2) is 12.7 Å². The standard InChI is InChI=1S/C14H18BrNO2S/c1-2-14(12-6-8-13(15)9-7-12)19(17,18)16-10-4-3-5-11-16/h2,6-9,14H,1,3-5,10-11H2. The van der Waals surface area contributed by atoms with Crippen molar-refractivity contribution in [1.29, 1.82) is 0 Å². The maximum absolute atomic E-state index is 12.6. The van der Waals surface area contributed by atoms with Gasteiger partial charge in [0, 0.05) is 17.6 Å². The fraction of sp³-hybridized carbons (Fsp3) is 0.429. The minimum absolute atomic E-state index is 0.628. The van der Waals surface area contributed by atoms with E-state index in [1.807, 2.05) is 24.3 Å². The highest BCUT2D eigenvalue weighted by atomic mass is 79.9. The van der Waals surface area contributed by atoms with Gasteiger partial charge in [-0.1, -0.05) is 40.6 Å². The molecule has 0 saturated carbocycles. The molecule has 3 nitrogen and oxygen atoms in total. The van der Waals surface area contributed by atoms with E-state index in [0.29, 0.717) is 13.1 Å². The molecule has 5 heteroatoms. The minimum Gasteiger partial charge on any atom is -0.211 e. The van der Waals surface area contributed by atoms with Gasteiger partial charge >= 0.3 is 0 Å². The van der Waals surface area contributed by atoms with Crippen molar-refractivity contribution in [2.24, 2.45) is 0 Å². The van der Waals surface area contributed by atoms with Crippen LogP contribution in [0.15, 0.2) is 41.4 Å². The average Bonchev–Trinajstić information content (AvgIpc) is 2.42. The van der Waals surface area contributed by atoms with E-state index >= 15 is 0 Å². The second kappa shape index (κ2) is 6.20. The van der Waals surface area contributed by atoms with Crippen molar-refractivity contribution in [1.82, 2.24) is 4.31 Å². The van der Waals surface area contributed by atoms with Crippen LogP contribution < -0.4 is 0 Å². The molecule has 0 spiro atoms. The summed E-state index contributed by atoms with van der Waals surface area (Å²) in [5, 5.41) is -0.654. The zero-order chi connectivity index (χ0) is 13.9. The third-order valence-corrected chi connectivity index (χ3v) is 6.13. The molecule has 19 heavy (non-hydrogen) atoms. The van der Waals surface area contributed by atoms with Crippen molar-refractivity contribution in [3.8, 4) is 0 Å². The maximum Gasteiger partial charge on any atom is 0.224 e. The molecule has 1 aromatic rings. The molecule has 1 heterocycles. The third kappa shape index (κ3) is 3.27. The Bertz CT molecular complexity index is 533. The van der Waals surface area contributed by atoms with Crippen molar-refractivity contribution in [3.63, 3.8) is 0 Å². The molecular formula is C14H18BrNO2S. The summed E-state index contributed by atoms with van der Waals surface area (Å²) in [5.74, 6) is 0. The first kappa shape index (κ1) is 14.8. The number of sulfonamides is 1. The van der Waals surface area contributed by atoms with E-state index in [0.717, 1.165) is 29.3 Å². The third-order valence-electron chi connectivity index (χ3n) is 3.41. The van der Waals surface area contributed by atoms with Gasteiger partial charge in [-0.2, -0.15) is 0 Å². The van der Waals surface area contributed by atoms with E-state index in [1.165, 1.54) is 6.08 Å². The molecule has 104 valence electrons. The van der Waals surface area contributed by atoms with Gasteiger partial charge in [-0.05, 0) is 30.5 Å². The lowest BCUT2D eigenvalue weighted by atomic mass is 10.1. The molecule has 1 aliphatic heterocycles. The maximum atomic E-state index is 12.6. The van der Waals surface area contributed by atoms with Crippen molar-refractivity contribution < 1.29 is 8.42 Å². The molecule has 0 aliphatic carbocycles. The quantitative estimate of drug-likeness (QED) is 0.784. The second-order valence-corrected chi connectivity index (χ2v) is 7.68. The topological polar surface area (TPSA) is 37.4 Å². The molecular weight excluding hydrogens is 326 g/mol. The number of rotatable bonds is 4. The molecule has 0 bridgehead atoms. The van der Waals surface area contributed by atoms with Crippen LogP contribution in [-0.2, 0) is 10.0 Å². The van der Waals surface area contributed by atoms with Crippen LogP contribution in [-0.4, -0.2) is 25.8 Å². The normalized spacial score (nSPS) is 19.0. The highest BCUT2D eigenvalue weighted by molar-refractivity contribution is 9.10. The Hall–Kier alpha value is -0.650. The number of nitrogens with zero attached hydrogens (tertiary/aromatic N) is 1. The average molecular weight is 344 g/mol. The first-order valence-electron chi connectivity index (χ1n) is 6.42. The lowest BCUT2D eigenvalue weighted by Gasteiger charge is -2.29. The van der Waals surface area contributed by atoms with Gasteiger partial charge in [0.1, 0.15) is 5.25 Å². The molecule has 1 atom stereocenters. The molecule has 1 unspecified atom stereocenters. The summed E-state index contributed by atoms with van der Waals surface area (Å²) in [6, 6.07) is 7.38. The van der Waals surface area contributed by atoms with E-state index in [4.69, 9.17) is 0 Å². The van der Waals surface area contributed by atoms with Crippen LogP contribution in [0, 0.1) is 0 Å². The van der Waals surface area contributed by atoms with Crippen LogP contribution in [0.1, 0.15) is 30.1 Å². The highest BCUT2D eigenvalue weighted by Gasteiger charge is 2.31. The highest BCUT2D eigenvalue weighted by Crippen LogP contribution is 2.29. The Labute approximate surface area is 123 Å². The zero-order valence-corrected chi connectivity index (χ0v) is 13.2. The first-order valence-corrected chi connectivity index (χ1v) is 8.72. The summed E-state index contributed by atoms with van der Waals surface area (Å²) in [7, 11) is -3.34. The summed E-state index contributed by atoms with van der Waals surface area (Å²) < 4.78 is 27.8. The van der Waals surface area contributed by atoms with Crippen LogP contribution in [0.4, 0.5) is 0 Å². The number of piperidine rings is 1. The van der Waals surface area contributed by atoms with Gasteiger partial charge in [0.25, 0.3) is 0 Å². The zero-order valence-electron chi connectivity index (χ0n) is 10.8. The van der Waals surface area contributed by atoms with Crippen LogP contribution in [0.2, 0.25) is 0 Å². The summed E-state index contributed by atoms with van der Waals surface area (Å²) in [6.07, 6.45) is 4.53. The molecule has 1 fully saturated rings. The monoisotopic (exact) mass is 343 g/mol. The molecule has 1 saturated heterocycles. The largest absolute Gasteiger partial charge is 0.224 e. The minimum atomic E-state index is -3.34. The molecule has 0 aromatic heterocycles. The van der Waals surface area contributed by atoms with Crippen LogP contribution in [0.25, 0.3) is 0 Å². The van der Waals surface area contributed by atoms with E-state index in [-0.39, 0.29) is 0 Å². The fourth-order valence-corrected chi connectivity index (χ4v) is 4.46. The lowest BCUT2D eigenvalue weighted by molar-refractivity contribution is 0.344. The van der Waals surface area contributed by atoms with Crippen LogP contribution in [0.5, 0.6) is 0 Å². The van der Waals surface area contributed by atoms with E-state index in [9.17, 15) is 8.42 Å². The summed E-state index contributed by atoms with van der Waals surface area (Å²) >= 11 is 3.36. The van der Waals surface area contributed by atoms with Gasteiger partial charge in [-0.15, -0.1) is 6.58 Å². The predicted octanol–water partition coefficient (Wildman–Crippen LogP) is 3.49. The van der Waals surface area contributed by atoms with Crippen molar-refractivity contribution >= 4 is 26.0 Å². The smallest absolute Gasteiger partial charge is 0.211 e. The van der Waals surface area contributed by atoms with Crippen LogP contribution in [0.3, 0.4) is 0 Å². The van der Waals surface area contributed by atoms with Gasteiger partial charge < -0.3 is 0 Å². The van der Waals surface area contributed by atoms with Crippen LogP contribution >= 0.6 is 15.9 Å². The number of hydrogen-bond donors (Lipinski definition) is 0. The fourth-order valence-electron chi connectivity index (χ4n) is 2.36. The van der Waals surface area contributed by atoms with E-state index in [1.54, 1.807) is 4.31 Å². The first-order chi connectivity index (χ1) is 9.05. The van der Waals surface area contributed by atoms with Gasteiger partial charge in [0.2, 0.25) is 10.0 Å². The molecule has 0 N–H and O–H groups in total. The van der Waals surface area contributed by atoms with Crippen molar-refractivity contribution in [2.75, 3.05) is 13.1 Å². The molecule has 1 aromatic carbocycles. The van der Waals surface area contributed by atoms with E-state index < -0.39 is 15.3 Å². The Morgan fingerprint density at radius 1 is 1.16 bits per heavy atom.